The summed E-state index contributed by atoms with van der Waals surface area (Å²) in [5.74, 6) is 2.75. The van der Waals surface area contributed by atoms with E-state index in [1.807, 2.05) is 0 Å². The van der Waals surface area contributed by atoms with E-state index in [9.17, 15) is 5.11 Å². The van der Waals surface area contributed by atoms with Crippen LogP contribution in [-0.4, -0.2) is 16.7 Å². The van der Waals surface area contributed by atoms with Gasteiger partial charge in [-0.25, -0.2) is 0 Å². The first-order chi connectivity index (χ1) is 7.65. The fraction of sp³-hybridized carbons (Fsp3) is 1.00. The molecule has 0 saturated heterocycles. The summed E-state index contributed by atoms with van der Waals surface area (Å²) < 4.78 is 0. The smallest absolute Gasteiger partial charge is 0.0665 e. The van der Waals surface area contributed by atoms with Crippen molar-refractivity contribution in [2.24, 2.45) is 23.5 Å². The molecule has 3 fully saturated rings. The monoisotopic (exact) mass is 223 g/mol. The third kappa shape index (κ3) is 2.02. The standard InChI is InChI=1S/C14H25NO/c15-13-2-1-5-14(16,9-13)8-12-7-10-3-4-11(12)6-10/h10-13,16H,1-9,15H2. The predicted octanol–water partition coefficient (Wildman–Crippen LogP) is 2.45. The van der Waals surface area contributed by atoms with Crippen molar-refractivity contribution in [3.63, 3.8) is 0 Å². The lowest BCUT2D eigenvalue weighted by atomic mass is 9.73. The van der Waals surface area contributed by atoms with Gasteiger partial charge in [-0.15, -0.1) is 0 Å². The largest absolute Gasteiger partial charge is 0.390 e. The maximum absolute atomic E-state index is 10.7. The van der Waals surface area contributed by atoms with Crippen molar-refractivity contribution in [2.75, 3.05) is 0 Å². The Hall–Kier alpha value is -0.0800. The fourth-order valence-electron chi connectivity index (χ4n) is 4.69. The van der Waals surface area contributed by atoms with Gasteiger partial charge in [-0.05, 0) is 69.1 Å². The van der Waals surface area contributed by atoms with Crippen molar-refractivity contribution < 1.29 is 5.11 Å². The van der Waals surface area contributed by atoms with Gasteiger partial charge in [0.05, 0.1) is 5.60 Å². The zero-order valence-electron chi connectivity index (χ0n) is 10.2. The van der Waals surface area contributed by atoms with Crippen LogP contribution in [0.2, 0.25) is 0 Å². The second-order valence-electron chi connectivity index (χ2n) is 6.72. The molecule has 3 aliphatic rings. The summed E-state index contributed by atoms with van der Waals surface area (Å²) in [4.78, 5) is 0. The van der Waals surface area contributed by atoms with E-state index in [1.165, 1.54) is 25.7 Å². The Balaban J connectivity index is 1.61. The summed E-state index contributed by atoms with van der Waals surface area (Å²) in [5, 5.41) is 10.7. The molecule has 0 amide bonds. The Morgan fingerprint density at radius 2 is 2.06 bits per heavy atom. The van der Waals surface area contributed by atoms with Crippen LogP contribution in [0.3, 0.4) is 0 Å². The predicted molar refractivity (Wildman–Crippen MR) is 64.9 cm³/mol. The number of hydrogen-bond acceptors (Lipinski definition) is 2. The second-order valence-corrected chi connectivity index (χ2v) is 6.72. The minimum absolute atomic E-state index is 0.248. The molecule has 0 aromatic rings. The van der Waals surface area contributed by atoms with E-state index in [0.717, 1.165) is 49.9 Å². The van der Waals surface area contributed by atoms with Gasteiger partial charge in [0.25, 0.3) is 0 Å². The molecule has 0 heterocycles. The van der Waals surface area contributed by atoms with Crippen LogP contribution in [-0.2, 0) is 0 Å². The Bertz CT molecular complexity index is 267. The molecule has 92 valence electrons. The molecule has 16 heavy (non-hydrogen) atoms. The van der Waals surface area contributed by atoms with Crippen molar-refractivity contribution in [2.45, 2.75) is 69.4 Å². The summed E-state index contributed by atoms with van der Waals surface area (Å²) in [6.07, 6.45) is 10.8. The number of nitrogens with two attached hydrogens (primary N) is 1. The van der Waals surface area contributed by atoms with Crippen LogP contribution in [0.15, 0.2) is 0 Å². The Kier molecular flexibility index (Phi) is 2.75. The number of aliphatic hydroxyl groups is 1. The molecule has 0 aliphatic heterocycles. The highest BCUT2D eigenvalue weighted by Gasteiger charge is 2.44. The lowest BCUT2D eigenvalue weighted by Crippen LogP contribution is -2.43. The number of hydrogen-bond donors (Lipinski definition) is 2. The van der Waals surface area contributed by atoms with E-state index in [2.05, 4.69) is 0 Å². The van der Waals surface area contributed by atoms with Gasteiger partial charge in [-0.1, -0.05) is 6.42 Å². The summed E-state index contributed by atoms with van der Waals surface area (Å²) in [6, 6.07) is 0.248. The maximum Gasteiger partial charge on any atom is 0.0665 e. The van der Waals surface area contributed by atoms with E-state index in [4.69, 9.17) is 5.73 Å². The van der Waals surface area contributed by atoms with E-state index in [0.29, 0.717) is 0 Å². The van der Waals surface area contributed by atoms with E-state index >= 15 is 0 Å². The van der Waals surface area contributed by atoms with Gasteiger partial charge in [0.2, 0.25) is 0 Å². The molecule has 0 aromatic heterocycles. The van der Waals surface area contributed by atoms with Crippen LogP contribution in [0.4, 0.5) is 0 Å². The normalized spacial score (nSPS) is 52.1. The number of rotatable bonds is 2. The maximum atomic E-state index is 10.7. The molecule has 5 atom stereocenters. The van der Waals surface area contributed by atoms with E-state index < -0.39 is 5.60 Å². The van der Waals surface area contributed by atoms with Crippen molar-refractivity contribution >= 4 is 0 Å². The van der Waals surface area contributed by atoms with Gasteiger partial charge in [0, 0.05) is 6.04 Å². The zero-order chi connectivity index (χ0) is 11.2. The van der Waals surface area contributed by atoms with Crippen LogP contribution in [0.25, 0.3) is 0 Å². The van der Waals surface area contributed by atoms with Gasteiger partial charge in [0.15, 0.2) is 0 Å². The van der Waals surface area contributed by atoms with Crippen LogP contribution in [0, 0.1) is 17.8 Å². The third-order valence-electron chi connectivity index (χ3n) is 5.39. The third-order valence-corrected chi connectivity index (χ3v) is 5.39. The molecule has 5 unspecified atom stereocenters. The van der Waals surface area contributed by atoms with Crippen molar-refractivity contribution in [1.82, 2.24) is 0 Å². The van der Waals surface area contributed by atoms with E-state index in [-0.39, 0.29) is 6.04 Å². The average molecular weight is 223 g/mol. The summed E-state index contributed by atoms with van der Waals surface area (Å²) in [7, 11) is 0. The van der Waals surface area contributed by atoms with Gasteiger partial charge in [-0.3, -0.25) is 0 Å². The van der Waals surface area contributed by atoms with Crippen molar-refractivity contribution in [3.05, 3.63) is 0 Å². The number of fused-ring (bicyclic) bond motifs is 2. The molecule has 2 nitrogen and oxygen atoms in total. The molecular weight excluding hydrogens is 198 g/mol. The fourth-order valence-corrected chi connectivity index (χ4v) is 4.69. The van der Waals surface area contributed by atoms with Gasteiger partial charge >= 0.3 is 0 Å². The first kappa shape index (κ1) is 11.0. The molecule has 2 heteroatoms. The molecule has 3 rings (SSSR count). The Morgan fingerprint density at radius 3 is 2.69 bits per heavy atom. The minimum atomic E-state index is -0.410. The zero-order valence-corrected chi connectivity index (χ0v) is 10.2. The van der Waals surface area contributed by atoms with Crippen LogP contribution >= 0.6 is 0 Å². The lowest BCUT2D eigenvalue weighted by molar-refractivity contribution is -0.0295. The summed E-state index contributed by atoms with van der Waals surface area (Å²) in [6.45, 7) is 0. The Labute approximate surface area is 98.6 Å². The van der Waals surface area contributed by atoms with Crippen LogP contribution < -0.4 is 5.73 Å². The van der Waals surface area contributed by atoms with Gasteiger partial charge in [0.1, 0.15) is 0 Å². The molecule has 0 aromatic carbocycles. The molecule has 0 spiro atoms. The quantitative estimate of drug-likeness (QED) is 0.755. The second kappa shape index (κ2) is 3.99. The molecule has 2 bridgehead atoms. The average Bonchev–Trinajstić information content (AvgIpc) is 2.77. The van der Waals surface area contributed by atoms with Crippen molar-refractivity contribution in [1.29, 1.82) is 0 Å². The van der Waals surface area contributed by atoms with Gasteiger partial charge < -0.3 is 10.8 Å². The summed E-state index contributed by atoms with van der Waals surface area (Å²) in [5.41, 5.74) is 5.59. The molecule has 3 N–H and O–H groups in total. The minimum Gasteiger partial charge on any atom is -0.390 e. The Morgan fingerprint density at radius 1 is 1.19 bits per heavy atom. The first-order valence-corrected chi connectivity index (χ1v) is 7.13. The van der Waals surface area contributed by atoms with Crippen molar-refractivity contribution in [3.8, 4) is 0 Å². The molecule has 3 saturated carbocycles. The highest BCUT2D eigenvalue weighted by Crippen LogP contribution is 2.51. The topological polar surface area (TPSA) is 46.2 Å². The van der Waals surface area contributed by atoms with Crippen LogP contribution in [0.1, 0.15) is 57.8 Å². The summed E-state index contributed by atoms with van der Waals surface area (Å²) >= 11 is 0. The highest BCUT2D eigenvalue weighted by molar-refractivity contribution is 4.96. The highest BCUT2D eigenvalue weighted by atomic mass is 16.3. The molecular formula is C14H25NO. The first-order valence-electron chi connectivity index (χ1n) is 7.13. The molecule has 0 radical (unpaired) electrons. The van der Waals surface area contributed by atoms with E-state index in [1.54, 1.807) is 0 Å². The lowest BCUT2D eigenvalue weighted by Gasteiger charge is -2.39. The van der Waals surface area contributed by atoms with Gasteiger partial charge in [-0.2, -0.15) is 0 Å². The SMILES string of the molecule is NC1CCCC(O)(CC2CC3CCC2C3)C1. The molecule has 3 aliphatic carbocycles. The van der Waals surface area contributed by atoms with Crippen LogP contribution in [0.5, 0.6) is 0 Å².